The predicted molar refractivity (Wildman–Crippen MR) is 69.0 cm³/mol. The van der Waals surface area contributed by atoms with Crippen LogP contribution in [0.4, 0.5) is 0 Å². The Labute approximate surface area is 101 Å². The van der Waals surface area contributed by atoms with Gasteiger partial charge in [0.15, 0.2) is 0 Å². The van der Waals surface area contributed by atoms with Crippen LogP contribution in [-0.2, 0) is 13.0 Å². The number of fused-ring (bicyclic) bond motifs is 1. The van der Waals surface area contributed by atoms with E-state index >= 15 is 0 Å². The number of rotatable bonds is 4. The lowest BCUT2D eigenvalue weighted by Gasteiger charge is -2.08. The topological polar surface area (TPSA) is 17.8 Å². The van der Waals surface area contributed by atoms with Crippen molar-refractivity contribution in [1.29, 1.82) is 0 Å². The van der Waals surface area contributed by atoms with E-state index in [1.54, 1.807) is 0 Å². The summed E-state index contributed by atoms with van der Waals surface area (Å²) in [7, 11) is 0. The Morgan fingerprint density at radius 1 is 1.44 bits per heavy atom. The first kappa shape index (κ1) is 11.2. The van der Waals surface area contributed by atoms with Crippen LogP contribution in [0.1, 0.15) is 12.7 Å². The lowest BCUT2D eigenvalue weighted by Crippen LogP contribution is -2.05. The Bertz CT molecular complexity index is 514. The molecule has 0 unspecified atom stereocenters. The number of aromatic nitrogens is 2. The van der Waals surface area contributed by atoms with Gasteiger partial charge in [-0.15, -0.1) is 11.6 Å². The zero-order valence-electron chi connectivity index (χ0n) is 9.41. The largest absolute Gasteiger partial charge is 0.324 e. The summed E-state index contributed by atoms with van der Waals surface area (Å²) in [4.78, 5) is 4.60. The Balaban J connectivity index is 2.51. The second-order valence-electron chi connectivity index (χ2n) is 3.84. The van der Waals surface area contributed by atoms with Crippen molar-refractivity contribution >= 4 is 22.6 Å². The summed E-state index contributed by atoms with van der Waals surface area (Å²) < 4.78 is 2.19. The molecule has 1 aromatic carbocycles. The van der Waals surface area contributed by atoms with E-state index in [0.29, 0.717) is 5.88 Å². The number of nitrogens with zero attached hydrogens (tertiary/aromatic N) is 2. The summed E-state index contributed by atoms with van der Waals surface area (Å²) in [6, 6.07) is 8.16. The van der Waals surface area contributed by atoms with Crippen molar-refractivity contribution in [2.45, 2.75) is 19.9 Å². The molecule has 0 amide bonds. The summed E-state index contributed by atoms with van der Waals surface area (Å²) in [5, 5.41) is 0. The molecular weight excluding hydrogens is 220 g/mol. The molecule has 0 N–H and O–H groups in total. The Morgan fingerprint density at radius 2 is 2.19 bits per heavy atom. The highest BCUT2D eigenvalue weighted by atomic mass is 35.5. The fourth-order valence-corrected chi connectivity index (χ4v) is 1.92. The molecular formula is C13H15ClN2. The van der Waals surface area contributed by atoms with Crippen LogP contribution in [0.5, 0.6) is 0 Å². The fourth-order valence-electron chi connectivity index (χ4n) is 1.84. The van der Waals surface area contributed by atoms with Gasteiger partial charge in [0, 0.05) is 18.8 Å². The predicted octanol–water partition coefficient (Wildman–Crippen LogP) is 3.39. The van der Waals surface area contributed by atoms with Gasteiger partial charge in [0.1, 0.15) is 5.82 Å². The SMILES string of the molecule is C=C(CCl)Cn1c(CC)nc2ccccc21. The van der Waals surface area contributed by atoms with Crippen molar-refractivity contribution < 1.29 is 0 Å². The molecule has 0 saturated heterocycles. The third-order valence-corrected chi connectivity index (χ3v) is 3.00. The van der Waals surface area contributed by atoms with Crippen LogP contribution < -0.4 is 0 Å². The number of benzene rings is 1. The molecule has 2 nitrogen and oxygen atoms in total. The highest BCUT2D eigenvalue weighted by molar-refractivity contribution is 6.19. The summed E-state index contributed by atoms with van der Waals surface area (Å²) in [5.74, 6) is 1.59. The minimum atomic E-state index is 0.496. The third kappa shape index (κ3) is 1.98. The lowest BCUT2D eigenvalue weighted by atomic mass is 10.3. The molecule has 16 heavy (non-hydrogen) atoms. The van der Waals surface area contributed by atoms with Gasteiger partial charge in [-0.2, -0.15) is 0 Å². The molecule has 1 heterocycles. The van der Waals surface area contributed by atoms with Crippen LogP contribution in [0.2, 0.25) is 0 Å². The number of alkyl halides is 1. The smallest absolute Gasteiger partial charge is 0.109 e. The van der Waals surface area contributed by atoms with Gasteiger partial charge < -0.3 is 4.57 Å². The van der Waals surface area contributed by atoms with Crippen LogP contribution in [0.25, 0.3) is 11.0 Å². The molecule has 2 rings (SSSR count). The number of hydrogen-bond acceptors (Lipinski definition) is 1. The van der Waals surface area contributed by atoms with E-state index in [1.807, 2.05) is 18.2 Å². The van der Waals surface area contributed by atoms with E-state index < -0.39 is 0 Å². The van der Waals surface area contributed by atoms with Crippen LogP contribution in [-0.4, -0.2) is 15.4 Å². The van der Waals surface area contributed by atoms with Gasteiger partial charge in [0.25, 0.3) is 0 Å². The molecule has 0 aliphatic carbocycles. The molecule has 1 aromatic heterocycles. The highest BCUT2D eigenvalue weighted by Gasteiger charge is 2.08. The molecule has 2 aromatic rings. The highest BCUT2D eigenvalue weighted by Crippen LogP contribution is 2.17. The van der Waals surface area contributed by atoms with E-state index in [1.165, 1.54) is 0 Å². The van der Waals surface area contributed by atoms with E-state index in [4.69, 9.17) is 11.6 Å². The molecule has 84 valence electrons. The number of aryl methyl sites for hydroxylation is 1. The maximum Gasteiger partial charge on any atom is 0.109 e. The van der Waals surface area contributed by atoms with E-state index in [2.05, 4.69) is 29.1 Å². The minimum absolute atomic E-state index is 0.496. The van der Waals surface area contributed by atoms with Crippen LogP contribution in [0.15, 0.2) is 36.4 Å². The first-order valence-corrected chi connectivity index (χ1v) is 5.96. The first-order valence-electron chi connectivity index (χ1n) is 5.43. The van der Waals surface area contributed by atoms with Crippen LogP contribution in [0, 0.1) is 0 Å². The normalized spacial score (nSPS) is 10.9. The van der Waals surface area contributed by atoms with Crippen molar-refractivity contribution in [3.05, 3.63) is 42.2 Å². The van der Waals surface area contributed by atoms with Crippen molar-refractivity contribution in [3.8, 4) is 0 Å². The molecule has 0 saturated carbocycles. The van der Waals surface area contributed by atoms with Gasteiger partial charge in [0.05, 0.1) is 11.0 Å². The van der Waals surface area contributed by atoms with Gasteiger partial charge in [-0.1, -0.05) is 25.6 Å². The van der Waals surface area contributed by atoms with Crippen molar-refractivity contribution in [1.82, 2.24) is 9.55 Å². The minimum Gasteiger partial charge on any atom is -0.324 e. The molecule has 0 aliphatic heterocycles. The van der Waals surface area contributed by atoms with Crippen molar-refractivity contribution in [2.75, 3.05) is 5.88 Å². The summed E-state index contributed by atoms with van der Waals surface area (Å²) in [6.07, 6.45) is 0.921. The molecule has 0 aliphatic rings. The van der Waals surface area contributed by atoms with E-state index in [9.17, 15) is 0 Å². The number of para-hydroxylation sites is 2. The molecule has 0 bridgehead atoms. The monoisotopic (exact) mass is 234 g/mol. The standard InChI is InChI=1S/C13H15ClN2/c1-3-13-15-11-6-4-5-7-12(11)16(13)9-10(2)8-14/h4-7H,2-3,8-9H2,1H3. The summed E-state index contributed by atoms with van der Waals surface area (Å²) in [5.41, 5.74) is 3.21. The van der Waals surface area contributed by atoms with E-state index in [0.717, 1.165) is 35.4 Å². The molecule has 0 radical (unpaired) electrons. The lowest BCUT2D eigenvalue weighted by molar-refractivity contribution is 0.745. The van der Waals surface area contributed by atoms with Crippen LogP contribution in [0.3, 0.4) is 0 Å². The number of allylic oxidation sites excluding steroid dienone is 1. The molecule has 0 spiro atoms. The maximum atomic E-state index is 5.78. The summed E-state index contributed by atoms with van der Waals surface area (Å²) >= 11 is 5.78. The third-order valence-electron chi connectivity index (χ3n) is 2.62. The fraction of sp³-hybridized carbons (Fsp3) is 0.308. The quantitative estimate of drug-likeness (QED) is 0.586. The van der Waals surface area contributed by atoms with Crippen molar-refractivity contribution in [3.63, 3.8) is 0 Å². The Kier molecular flexibility index (Phi) is 3.30. The average molecular weight is 235 g/mol. The summed E-state index contributed by atoms with van der Waals surface area (Å²) in [6.45, 7) is 6.82. The van der Waals surface area contributed by atoms with Crippen LogP contribution >= 0.6 is 11.6 Å². The van der Waals surface area contributed by atoms with Gasteiger partial charge in [0.2, 0.25) is 0 Å². The zero-order chi connectivity index (χ0) is 11.5. The maximum absolute atomic E-state index is 5.78. The van der Waals surface area contributed by atoms with Gasteiger partial charge in [-0.3, -0.25) is 0 Å². The number of hydrogen-bond donors (Lipinski definition) is 0. The Hall–Kier alpha value is -1.28. The first-order chi connectivity index (χ1) is 7.76. The zero-order valence-corrected chi connectivity index (χ0v) is 10.2. The number of halogens is 1. The van der Waals surface area contributed by atoms with Crippen molar-refractivity contribution in [2.24, 2.45) is 0 Å². The molecule has 0 atom stereocenters. The van der Waals surface area contributed by atoms with Gasteiger partial charge >= 0.3 is 0 Å². The van der Waals surface area contributed by atoms with Gasteiger partial charge in [-0.25, -0.2) is 4.98 Å². The van der Waals surface area contributed by atoms with E-state index in [-0.39, 0.29) is 0 Å². The second kappa shape index (κ2) is 4.71. The molecule has 0 fully saturated rings. The number of imidazole rings is 1. The molecule has 3 heteroatoms. The second-order valence-corrected chi connectivity index (χ2v) is 4.11. The Morgan fingerprint density at radius 3 is 2.88 bits per heavy atom. The average Bonchev–Trinajstić information content (AvgIpc) is 2.67. The van der Waals surface area contributed by atoms with Gasteiger partial charge in [-0.05, 0) is 17.7 Å².